The Labute approximate surface area is 137 Å². The fraction of sp³-hybridized carbons (Fsp3) is 0.312. The van der Waals surface area contributed by atoms with E-state index in [0.29, 0.717) is 33.8 Å². The van der Waals surface area contributed by atoms with Crippen LogP contribution in [0.1, 0.15) is 35.3 Å². The van der Waals surface area contributed by atoms with Crippen LogP contribution in [0.3, 0.4) is 0 Å². The van der Waals surface area contributed by atoms with E-state index >= 15 is 0 Å². The van der Waals surface area contributed by atoms with Gasteiger partial charge in [0.25, 0.3) is 0 Å². The van der Waals surface area contributed by atoms with E-state index in [9.17, 15) is 4.79 Å². The molecule has 2 aromatic heterocycles. The van der Waals surface area contributed by atoms with Crippen molar-refractivity contribution in [2.45, 2.75) is 19.8 Å². The number of benzene rings is 1. The maximum absolute atomic E-state index is 11.6. The van der Waals surface area contributed by atoms with Gasteiger partial charge >= 0.3 is 0 Å². The average molecular weight is 331 g/mol. The highest BCUT2D eigenvalue weighted by Crippen LogP contribution is 2.34. The third kappa shape index (κ3) is 2.57. The lowest BCUT2D eigenvalue weighted by molar-refractivity contribution is 0.111. The van der Waals surface area contributed by atoms with E-state index in [1.54, 1.807) is 24.8 Å². The molecular weight excluding hydrogens is 314 g/mol. The van der Waals surface area contributed by atoms with Gasteiger partial charge in [-0.3, -0.25) is 4.79 Å². The molecule has 0 saturated carbocycles. The van der Waals surface area contributed by atoms with Gasteiger partial charge in [-0.2, -0.15) is 9.61 Å². The van der Waals surface area contributed by atoms with Gasteiger partial charge in [0.2, 0.25) is 4.96 Å². The average Bonchev–Trinajstić information content (AvgIpc) is 3.11. The fourth-order valence-corrected chi connectivity index (χ4v) is 3.22. The van der Waals surface area contributed by atoms with Crippen LogP contribution in [-0.2, 0) is 0 Å². The van der Waals surface area contributed by atoms with E-state index in [1.807, 2.05) is 12.1 Å². The third-order valence-corrected chi connectivity index (χ3v) is 4.73. The summed E-state index contributed by atoms with van der Waals surface area (Å²) in [6.45, 7) is 4.13. The monoisotopic (exact) mass is 331 g/mol. The van der Waals surface area contributed by atoms with Crippen LogP contribution in [0.15, 0.2) is 18.2 Å². The first-order valence-corrected chi connectivity index (χ1v) is 7.97. The van der Waals surface area contributed by atoms with Crippen molar-refractivity contribution < 1.29 is 14.3 Å². The van der Waals surface area contributed by atoms with E-state index in [1.165, 1.54) is 11.3 Å². The molecule has 0 amide bonds. The molecule has 1 aromatic carbocycles. The number of carbonyl (C=O) groups is 1. The van der Waals surface area contributed by atoms with Crippen molar-refractivity contribution in [2.24, 2.45) is 0 Å². The molecule has 0 bridgehead atoms. The summed E-state index contributed by atoms with van der Waals surface area (Å²) in [6, 6.07) is 5.45. The number of aromatic nitrogens is 3. The van der Waals surface area contributed by atoms with Crippen molar-refractivity contribution in [3.8, 4) is 22.8 Å². The summed E-state index contributed by atoms with van der Waals surface area (Å²) < 4.78 is 12.2. The molecule has 0 fully saturated rings. The molecule has 0 atom stereocenters. The summed E-state index contributed by atoms with van der Waals surface area (Å²) in [4.78, 5) is 16.9. The Bertz CT molecular complexity index is 867. The summed E-state index contributed by atoms with van der Waals surface area (Å²) in [7, 11) is 3.16. The SMILES string of the molecule is COc1ccc(-c2nc3sc(C(C)C)nn3c2C=O)cc1OC. The normalized spacial score (nSPS) is 11.2. The van der Waals surface area contributed by atoms with E-state index < -0.39 is 0 Å². The molecule has 0 radical (unpaired) electrons. The molecule has 0 saturated heterocycles. The van der Waals surface area contributed by atoms with Crippen LogP contribution in [0.25, 0.3) is 16.2 Å². The molecule has 0 unspecified atom stereocenters. The standard InChI is InChI=1S/C16H17N3O3S/c1-9(2)15-18-19-11(8-20)14(17-16(19)23-15)10-5-6-12(21-3)13(7-10)22-4/h5-9H,1-4H3. The Balaban J connectivity index is 2.16. The summed E-state index contributed by atoms with van der Waals surface area (Å²) >= 11 is 1.49. The van der Waals surface area contributed by atoms with E-state index in [2.05, 4.69) is 23.9 Å². The number of fused-ring (bicyclic) bond motifs is 1. The molecule has 0 spiro atoms. The summed E-state index contributed by atoms with van der Waals surface area (Å²) in [5.74, 6) is 1.52. The van der Waals surface area contributed by atoms with E-state index in [4.69, 9.17) is 9.47 Å². The predicted molar refractivity (Wildman–Crippen MR) is 88.9 cm³/mol. The minimum Gasteiger partial charge on any atom is -0.493 e. The van der Waals surface area contributed by atoms with Crippen LogP contribution in [0, 0.1) is 0 Å². The van der Waals surface area contributed by atoms with E-state index in [0.717, 1.165) is 16.9 Å². The number of ether oxygens (including phenoxy) is 2. The van der Waals surface area contributed by atoms with Crippen LogP contribution in [0.2, 0.25) is 0 Å². The lowest BCUT2D eigenvalue weighted by Gasteiger charge is -2.08. The zero-order valence-electron chi connectivity index (χ0n) is 13.4. The van der Waals surface area contributed by atoms with Crippen molar-refractivity contribution in [1.29, 1.82) is 0 Å². The minimum absolute atomic E-state index is 0.297. The number of carbonyl (C=O) groups excluding carboxylic acids is 1. The summed E-state index contributed by atoms with van der Waals surface area (Å²) in [5, 5.41) is 5.44. The van der Waals surface area contributed by atoms with E-state index in [-0.39, 0.29) is 0 Å². The van der Waals surface area contributed by atoms with Crippen molar-refractivity contribution >= 4 is 22.6 Å². The predicted octanol–water partition coefficient (Wildman–Crippen LogP) is 3.41. The third-order valence-electron chi connectivity index (χ3n) is 3.52. The second-order valence-corrected chi connectivity index (χ2v) is 6.31. The van der Waals surface area contributed by atoms with Gasteiger partial charge in [-0.05, 0) is 18.2 Å². The first kappa shape index (κ1) is 15.5. The minimum atomic E-state index is 0.297. The van der Waals surface area contributed by atoms with Crippen LogP contribution >= 0.6 is 11.3 Å². The summed E-state index contributed by atoms with van der Waals surface area (Å²) in [6.07, 6.45) is 0.788. The number of hydrogen-bond donors (Lipinski definition) is 0. The molecular formula is C16H17N3O3S. The van der Waals surface area contributed by atoms with Gasteiger partial charge in [0.05, 0.1) is 14.2 Å². The molecule has 23 heavy (non-hydrogen) atoms. The topological polar surface area (TPSA) is 65.7 Å². The first-order chi connectivity index (χ1) is 11.1. The van der Waals surface area contributed by atoms with Gasteiger partial charge in [0, 0.05) is 11.5 Å². The number of methoxy groups -OCH3 is 2. The Hall–Kier alpha value is -2.41. The van der Waals surface area contributed by atoms with Crippen LogP contribution < -0.4 is 9.47 Å². The molecule has 0 aliphatic carbocycles. The van der Waals surface area contributed by atoms with Crippen molar-refractivity contribution in [1.82, 2.24) is 14.6 Å². The van der Waals surface area contributed by atoms with Crippen molar-refractivity contribution in [3.63, 3.8) is 0 Å². The van der Waals surface area contributed by atoms with Crippen LogP contribution in [0.4, 0.5) is 0 Å². The van der Waals surface area contributed by atoms with Gasteiger partial charge in [-0.1, -0.05) is 25.2 Å². The number of hydrogen-bond acceptors (Lipinski definition) is 6. The number of aldehydes is 1. The molecule has 0 aliphatic heterocycles. The zero-order valence-corrected chi connectivity index (χ0v) is 14.2. The Morgan fingerprint density at radius 1 is 1.22 bits per heavy atom. The lowest BCUT2D eigenvalue weighted by Crippen LogP contribution is -1.97. The van der Waals surface area contributed by atoms with Crippen LogP contribution in [0.5, 0.6) is 11.5 Å². The smallest absolute Gasteiger partial charge is 0.213 e. The molecule has 7 heteroatoms. The van der Waals surface area contributed by atoms with Gasteiger partial charge in [0.1, 0.15) is 16.4 Å². The molecule has 3 aromatic rings. The van der Waals surface area contributed by atoms with Gasteiger partial charge < -0.3 is 9.47 Å². The summed E-state index contributed by atoms with van der Waals surface area (Å²) in [5.41, 5.74) is 1.82. The molecule has 0 N–H and O–H groups in total. The van der Waals surface area contributed by atoms with Gasteiger partial charge in [-0.25, -0.2) is 4.98 Å². The molecule has 6 nitrogen and oxygen atoms in total. The number of imidazole rings is 1. The molecule has 120 valence electrons. The quantitative estimate of drug-likeness (QED) is 0.670. The number of rotatable bonds is 5. The van der Waals surface area contributed by atoms with Crippen LogP contribution in [-0.4, -0.2) is 35.1 Å². The molecule has 2 heterocycles. The highest BCUT2D eigenvalue weighted by atomic mass is 32.1. The molecule has 3 rings (SSSR count). The maximum Gasteiger partial charge on any atom is 0.213 e. The Morgan fingerprint density at radius 3 is 2.57 bits per heavy atom. The van der Waals surface area contributed by atoms with Gasteiger partial charge in [-0.15, -0.1) is 0 Å². The first-order valence-electron chi connectivity index (χ1n) is 7.16. The Morgan fingerprint density at radius 2 is 1.96 bits per heavy atom. The van der Waals surface area contributed by atoms with Crippen molar-refractivity contribution in [3.05, 3.63) is 28.9 Å². The largest absolute Gasteiger partial charge is 0.493 e. The second kappa shape index (κ2) is 6.00. The fourth-order valence-electron chi connectivity index (χ4n) is 2.31. The van der Waals surface area contributed by atoms with Gasteiger partial charge in [0.15, 0.2) is 17.8 Å². The lowest BCUT2D eigenvalue weighted by atomic mass is 10.1. The highest BCUT2D eigenvalue weighted by molar-refractivity contribution is 7.16. The highest BCUT2D eigenvalue weighted by Gasteiger charge is 2.19. The van der Waals surface area contributed by atoms with Crippen molar-refractivity contribution in [2.75, 3.05) is 14.2 Å². The Kier molecular flexibility index (Phi) is 4.04. The number of nitrogens with zero attached hydrogens (tertiary/aromatic N) is 3. The molecule has 0 aliphatic rings. The second-order valence-electron chi connectivity index (χ2n) is 5.32. The maximum atomic E-state index is 11.6. The zero-order chi connectivity index (χ0) is 16.6.